The monoisotopic (exact) mass is 261 g/mol. The first-order chi connectivity index (χ1) is 9.18. The zero-order valence-electron chi connectivity index (χ0n) is 10.3. The van der Waals surface area contributed by atoms with Crippen molar-refractivity contribution in [1.29, 1.82) is 0 Å². The average molecular weight is 261 g/mol. The number of fused-ring (bicyclic) bond motifs is 3. The van der Waals surface area contributed by atoms with Crippen molar-refractivity contribution in [1.82, 2.24) is 5.48 Å². The van der Waals surface area contributed by atoms with Gasteiger partial charge in [0.1, 0.15) is 0 Å². The Balaban J connectivity index is 1.64. The predicted molar refractivity (Wildman–Crippen MR) is 66.2 cm³/mol. The van der Waals surface area contributed by atoms with Crippen molar-refractivity contribution >= 4 is 11.9 Å². The van der Waals surface area contributed by atoms with E-state index in [0.29, 0.717) is 5.92 Å². The molecule has 19 heavy (non-hydrogen) atoms. The minimum Gasteiger partial charge on any atom is -0.479 e. The molecule has 3 rings (SSSR count). The van der Waals surface area contributed by atoms with E-state index in [2.05, 4.69) is 22.5 Å². The number of rotatable bonds is 4. The molecule has 3 unspecified atom stereocenters. The Morgan fingerprint density at radius 2 is 2.16 bits per heavy atom. The maximum absolute atomic E-state index is 11.9. The van der Waals surface area contributed by atoms with Crippen molar-refractivity contribution in [3.63, 3.8) is 0 Å². The molecule has 1 aromatic rings. The number of benzene rings is 1. The van der Waals surface area contributed by atoms with Crippen molar-refractivity contribution < 1.29 is 19.5 Å². The van der Waals surface area contributed by atoms with Gasteiger partial charge in [0.25, 0.3) is 0 Å². The van der Waals surface area contributed by atoms with Gasteiger partial charge in [0, 0.05) is 0 Å². The van der Waals surface area contributed by atoms with Crippen molar-refractivity contribution in [2.24, 2.45) is 11.8 Å². The highest BCUT2D eigenvalue weighted by atomic mass is 16.7. The van der Waals surface area contributed by atoms with Crippen LogP contribution in [0.4, 0.5) is 0 Å². The number of hydrogen-bond donors (Lipinski definition) is 2. The molecule has 1 saturated carbocycles. The smallest absolute Gasteiger partial charge is 0.332 e. The van der Waals surface area contributed by atoms with Crippen LogP contribution in [-0.4, -0.2) is 23.6 Å². The minimum absolute atomic E-state index is 0.0718. The van der Waals surface area contributed by atoms with E-state index in [1.807, 2.05) is 12.1 Å². The van der Waals surface area contributed by atoms with Gasteiger partial charge in [0.15, 0.2) is 6.61 Å². The maximum atomic E-state index is 11.9. The molecular weight excluding hydrogens is 246 g/mol. The molecule has 0 radical (unpaired) electrons. The second kappa shape index (κ2) is 4.66. The Morgan fingerprint density at radius 1 is 1.37 bits per heavy atom. The second-order valence-electron chi connectivity index (χ2n) is 5.10. The van der Waals surface area contributed by atoms with Crippen LogP contribution in [0.2, 0.25) is 0 Å². The number of hydrogen-bond acceptors (Lipinski definition) is 3. The number of carbonyl (C=O) groups excluding carboxylic acids is 1. The second-order valence-corrected chi connectivity index (χ2v) is 5.10. The summed E-state index contributed by atoms with van der Waals surface area (Å²) >= 11 is 0. The summed E-state index contributed by atoms with van der Waals surface area (Å²) in [5.41, 5.74) is 4.83. The third-order valence-electron chi connectivity index (χ3n) is 4.00. The summed E-state index contributed by atoms with van der Waals surface area (Å²) in [7, 11) is 0. The Hall–Kier alpha value is -1.88. The van der Waals surface area contributed by atoms with E-state index in [1.54, 1.807) is 0 Å². The molecule has 0 spiro atoms. The fraction of sp³-hybridized carbons (Fsp3) is 0.429. The Kier molecular flexibility index (Phi) is 2.98. The summed E-state index contributed by atoms with van der Waals surface area (Å²) in [5.74, 6) is -0.717. The molecule has 0 aromatic heterocycles. The van der Waals surface area contributed by atoms with Crippen LogP contribution in [0, 0.1) is 11.8 Å². The maximum Gasteiger partial charge on any atom is 0.332 e. The number of carboxylic acid groups (broad SMARTS) is 1. The predicted octanol–water partition coefficient (Wildman–Crippen LogP) is 1.09. The van der Waals surface area contributed by atoms with E-state index in [9.17, 15) is 9.59 Å². The zero-order valence-corrected chi connectivity index (χ0v) is 10.3. The van der Waals surface area contributed by atoms with E-state index in [4.69, 9.17) is 5.11 Å². The molecule has 3 atom stereocenters. The quantitative estimate of drug-likeness (QED) is 0.796. The van der Waals surface area contributed by atoms with Gasteiger partial charge in [-0.25, -0.2) is 10.3 Å². The van der Waals surface area contributed by atoms with Gasteiger partial charge in [-0.1, -0.05) is 24.3 Å². The first-order valence-electron chi connectivity index (χ1n) is 6.39. The number of nitrogens with one attached hydrogen (secondary N) is 1. The van der Waals surface area contributed by atoms with Crippen LogP contribution in [0.15, 0.2) is 24.3 Å². The highest BCUT2D eigenvalue weighted by molar-refractivity contribution is 5.83. The van der Waals surface area contributed by atoms with Crippen LogP contribution < -0.4 is 5.48 Å². The van der Waals surface area contributed by atoms with Gasteiger partial charge < -0.3 is 5.11 Å². The first kappa shape index (κ1) is 12.2. The van der Waals surface area contributed by atoms with Crippen LogP contribution >= 0.6 is 0 Å². The first-order valence-corrected chi connectivity index (χ1v) is 6.39. The summed E-state index contributed by atoms with van der Waals surface area (Å²) in [6.45, 7) is -0.510. The van der Waals surface area contributed by atoms with Gasteiger partial charge in [-0.15, -0.1) is 0 Å². The summed E-state index contributed by atoms with van der Waals surface area (Å²) in [4.78, 5) is 26.9. The highest BCUT2D eigenvalue weighted by Gasteiger charge is 2.57. The number of carboxylic acids is 1. The van der Waals surface area contributed by atoms with Crippen LogP contribution in [0.25, 0.3) is 0 Å². The highest BCUT2D eigenvalue weighted by Crippen LogP contribution is 2.59. The van der Waals surface area contributed by atoms with E-state index in [-0.39, 0.29) is 17.7 Å². The van der Waals surface area contributed by atoms with E-state index in [0.717, 1.165) is 12.8 Å². The summed E-state index contributed by atoms with van der Waals surface area (Å²) in [6.07, 6.45) is 2.02. The van der Waals surface area contributed by atoms with E-state index < -0.39 is 12.6 Å². The fourth-order valence-corrected chi connectivity index (χ4v) is 3.16. The molecular formula is C14H15NO4. The van der Waals surface area contributed by atoms with Crippen LogP contribution in [0.3, 0.4) is 0 Å². The average Bonchev–Trinajstić information content (AvgIpc) is 3.13. The molecule has 0 saturated heterocycles. The number of aryl methyl sites for hydroxylation is 1. The van der Waals surface area contributed by atoms with Crippen molar-refractivity contribution in [2.45, 2.75) is 18.8 Å². The van der Waals surface area contributed by atoms with Gasteiger partial charge in [-0.2, -0.15) is 0 Å². The van der Waals surface area contributed by atoms with Gasteiger partial charge >= 0.3 is 5.97 Å². The van der Waals surface area contributed by atoms with Gasteiger partial charge in [-0.05, 0) is 35.8 Å². The van der Waals surface area contributed by atoms with E-state index >= 15 is 0 Å². The van der Waals surface area contributed by atoms with Crippen molar-refractivity contribution in [3.8, 4) is 0 Å². The summed E-state index contributed by atoms with van der Waals surface area (Å²) in [5, 5.41) is 8.44. The molecule has 1 amide bonds. The van der Waals surface area contributed by atoms with Crippen LogP contribution in [0.5, 0.6) is 0 Å². The topological polar surface area (TPSA) is 75.6 Å². The van der Waals surface area contributed by atoms with Gasteiger partial charge in [0.2, 0.25) is 5.91 Å². The number of aliphatic carboxylic acids is 1. The van der Waals surface area contributed by atoms with Crippen LogP contribution in [0.1, 0.15) is 23.5 Å². The largest absolute Gasteiger partial charge is 0.479 e. The number of amides is 1. The molecule has 5 nitrogen and oxygen atoms in total. The van der Waals surface area contributed by atoms with Crippen molar-refractivity contribution in [3.05, 3.63) is 35.4 Å². The Bertz CT molecular complexity index is 528. The Labute approximate surface area is 110 Å². The van der Waals surface area contributed by atoms with Crippen molar-refractivity contribution in [2.75, 3.05) is 6.61 Å². The normalized spacial score (nSPS) is 27.1. The lowest BCUT2D eigenvalue weighted by molar-refractivity contribution is -0.149. The molecule has 2 aliphatic rings. The third-order valence-corrected chi connectivity index (χ3v) is 4.00. The minimum atomic E-state index is -1.10. The van der Waals surface area contributed by atoms with E-state index in [1.165, 1.54) is 11.1 Å². The molecule has 1 fully saturated rings. The third kappa shape index (κ3) is 2.21. The number of hydroxylamine groups is 1. The molecule has 0 bridgehead atoms. The molecule has 0 aliphatic heterocycles. The molecule has 100 valence electrons. The lowest BCUT2D eigenvalue weighted by atomic mass is 9.92. The Morgan fingerprint density at radius 3 is 2.95 bits per heavy atom. The summed E-state index contributed by atoms with van der Waals surface area (Å²) < 4.78 is 0. The molecule has 1 aromatic carbocycles. The molecule has 0 heterocycles. The zero-order chi connectivity index (χ0) is 13.4. The standard InChI is InChI=1S/C14H15NO4/c16-11(17)7-19-15-14(18)13-10-6-5-8-3-1-2-4-9(8)12(10)13/h1-4,10,12-13H,5-7H2,(H,15,18)(H,16,17). The fourth-order valence-electron chi connectivity index (χ4n) is 3.16. The molecule has 2 aliphatic carbocycles. The summed E-state index contributed by atoms with van der Waals surface area (Å²) in [6, 6.07) is 8.21. The lowest BCUT2D eigenvalue weighted by Crippen LogP contribution is -2.28. The number of carbonyl (C=O) groups is 2. The molecule has 5 heteroatoms. The molecule has 2 N–H and O–H groups in total. The van der Waals surface area contributed by atoms with Gasteiger partial charge in [0.05, 0.1) is 5.92 Å². The van der Waals surface area contributed by atoms with Crippen LogP contribution in [-0.2, 0) is 20.8 Å². The lowest BCUT2D eigenvalue weighted by Gasteiger charge is -2.13. The van der Waals surface area contributed by atoms with Gasteiger partial charge in [-0.3, -0.25) is 9.63 Å². The SMILES string of the molecule is O=C(O)CONC(=O)C1C2CCc3ccccc3C21.